The SMILES string of the molecule is OCC1(CC2CC2)CCCN(Cc2cccc(OCc3ccccn3)c2)C1. The second kappa shape index (κ2) is 8.41. The van der Waals surface area contributed by atoms with E-state index in [2.05, 4.69) is 28.1 Å². The fraction of sp³-hybridized carbons (Fsp3) is 0.522. The number of likely N-dealkylation sites (tertiary alicyclic amines) is 1. The highest BCUT2D eigenvalue weighted by Crippen LogP contribution is 2.44. The zero-order valence-electron chi connectivity index (χ0n) is 16.0. The van der Waals surface area contributed by atoms with Crippen molar-refractivity contribution in [3.8, 4) is 5.75 Å². The summed E-state index contributed by atoms with van der Waals surface area (Å²) in [4.78, 5) is 6.82. The van der Waals surface area contributed by atoms with Gasteiger partial charge in [0.05, 0.1) is 5.69 Å². The van der Waals surface area contributed by atoms with Gasteiger partial charge in [-0.05, 0) is 61.6 Å². The molecule has 2 aliphatic rings. The van der Waals surface area contributed by atoms with Crippen molar-refractivity contribution in [1.82, 2.24) is 9.88 Å². The fourth-order valence-electron chi connectivity index (χ4n) is 4.37. The Labute approximate surface area is 162 Å². The van der Waals surface area contributed by atoms with Crippen LogP contribution in [0.15, 0.2) is 48.7 Å². The van der Waals surface area contributed by atoms with E-state index in [1.54, 1.807) is 6.20 Å². The highest BCUT2D eigenvalue weighted by Gasteiger charge is 2.39. The summed E-state index contributed by atoms with van der Waals surface area (Å²) in [7, 11) is 0. The minimum absolute atomic E-state index is 0.118. The molecule has 0 amide bonds. The van der Waals surface area contributed by atoms with Crippen molar-refractivity contribution < 1.29 is 9.84 Å². The summed E-state index contributed by atoms with van der Waals surface area (Å²) in [5, 5.41) is 10.1. The molecular formula is C23H30N2O2. The molecule has 4 nitrogen and oxygen atoms in total. The van der Waals surface area contributed by atoms with Crippen molar-refractivity contribution in [2.45, 2.75) is 45.3 Å². The predicted octanol–water partition coefficient (Wildman–Crippen LogP) is 4.04. The monoisotopic (exact) mass is 366 g/mol. The van der Waals surface area contributed by atoms with Gasteiger partial charge < -0.3 is 9.84 Å². The van der Waals surface area contributed by atoms with Gasteiger partial charge in [-0.1, -0.05) is 31.0 Å². The first kappa shape index (κ1) is 18.5. The Balaban J connectivity index is 1.35. The van der Waals surface area contributed by atoms with Crippen LogP contribution in [0.25, 0.3) is 0 Å². The van der Waals surface area contributed by atoms with E-state index in [9.17, 15) is 5.11 Å². The molecular weight excluding hydrogens is 336 g/mol. The molecule has 0 radical (unpaired) electrons. The van der Waals surface area contributed by atoms with Crippen LogP contribution >= 0.6 is 0 Å². The Morgan fingerprint density at radius 2 is 2.11 bits per heavy atom. The van der Waals surface area contributed by atoms with Crippen LogP contribution in [0, 0.1) is 11.3 Å². The molecule has 1 saturated carbocycles. The third-order valence-corrected chi connectivity index (χ3v) is 5.91. The highest BCUT2D eigenvalue weighted by molar-refractivity contribution is 5.28. The molecule has 4 heteroatoms. The number of ether oxygens (including phenoxy) is 1. The van der Waals surface area contributed by atoms with Gasteiger partial charge in [0.2, 0.25) is 0 Å². The summed E-state index contributed by atoms with van der Waals surface area (Å²) in [6.45, 7) is 3.87. The molecule has 4 rings (SSSR count). The number of aromatic nitrogens is 1. The van der Waals surface area contributed by atoms with Gasteiger partial charge in [-0.25, -0.2) is 0 Å². The smallest absolute Gasteiger partial charge is 0.130 e. The van der Waals surface area contributed by atoms with Crippen molar-refractivity contribution in [3.63, 3.8) is 0 Å². The molecule has 0 spiro atoms. The van der Waals surface area contributed by atoms with Gasteiger partial charge in [0, 0.05) is 31.3 Å². The van der Waals surface area contributed by atoms with Gasteiger partial charge in [0.15, 0.2) is 0 Å². The standard InChI is InChI=1S/C23H30N2O2/c26-18-23(14-19-8-9-19)10-4-12-25(17-23)15-20-5-3-7-22(13-20)27-16-21-6-1-2-11-24-21/h1-3,5-7,11,13,19,26H,4,8-10,12,14-18H2. The maximum Gasteiger partial charge on any atom is 0.130 e. The molecule has 27 heavy (non-hydrogen) atoms. The lowest BCUT2D eigenvalue weighted by molar-refractivity contribution is 0.0180. The lowest BCUT2D eigenvalue weighted by atomic mass is 9.76. The van der Waals surface area contributed by atoms with Crippen LogP contribution in [0.4, 0.5) is 0 Å². The summed E-state index contributed by atoms with van der Waals surface area (Å²) in [6.07, 6.45) is 8.06. The summed E-state index contributed by atoms with van der Waals surface area (Å²) >= 11 is 0. The van der Waals surface area contributed by atoms with Crippen LogP contribution in [-0.2, 0) is 13.2 Å². The number of rotatable bonds is 8. The van der Waals surface area contributed by atoms with Crippen molar-refractivity contribution in [2.24, 2.45) is 11.3 Å². The maximum atomic E-state index is 10.1. The van der Waals surface area contributed by atoms with Crippen LogP contribution in [0.2, 0.25) is 0 Å². The lowest BCUT2D eigenvalue weighted by Gasteiger charge is -2.42. The second-order valence-corrected chi connectivity index (χ2v) is 8.38. The van der Waals surface area contributed by atoms with Crippen molar-refractivity contribution in [1.29, 1.82) is 0 Å². The molecule has 1 atom stereocenters. The highest BCUT2D eigenvalue weighted by atomic mass is 16.5. The molecule has 0 bridgehead atoms. The van der Waals surface area contributed by atoms with Crippen LogP contribution < -0.4 is 4.74 Å². The van der Waals surface area contributed by atoms with Crippen LogP contribution in [0.5, 0.6) is 5.75 Å². The Morgan fingerprint density at radius 1 is 1.19 bits per heavy atom. The molecule has 1 saturated heterocycles. The van der Waals surface area contributed by atoms with E-state index in [1.807, 2.05) is 24.3 Å². The number of aliphatic hydroxyl groups is 1. The zero-order chi connectivity index (χ0) is 18.5. The van der Waals surface area contributed by atoms with Crippen molar-refractivity contribution in [2.75, 3.05) is 19.7 Å². The molecule has 2 heterocycles. The average molecular weight is 367 g/mol. The van der Waals surface area contributed by atoms with E-state index in [1.165, 1.54) is 37.7 Å². The average Bonchev–Trinajstić information content (AvgIpc) is 3.51. The normalized spacial score (nSPS) is 23.3. The van der Waals surface area contributed by atoms with Gasteiger partial charge in [0.25, 0.3) is 0 Å². The summed E-state index contributed by atoms with van der Waals surface area (Å²) in [5.41, 5.74) is 2.33. The van der Waals surface area contributed by atoms with E-state index >= 15 is 0 Å². The largest absolute Gasteiger partial charge is 0.487 e. The van der Waals surface area contributed by atoms with E-state index in [0.29, 0.717) is 13.2 Å². The minimum atomic E-state index is 0.118. The molecule has 1 aliphatic carbocycles. The number of piperidine rings is 1. The Hall–Kier alpha value is -1.91. The van der Waals surface area contributed by atoms with Gasteiger partial charge in [-0.15, -0.1) is 0 Å². The van der Waals surface area contributed by atoms with E-state index < -0.39 is 0 Å². The van der Waals surface area contributed by atoms with Crippen LogP contribution in [-0.4, -0.2) is 34.7 Å². The number of pyridine rings is 1. The molecule has 1 aromatic heterocycles. The van der Waals surface area contributed by atoms with Gasteiger partial charge in [-0.2, -0.15) is 0 Å². The third kappa shape index (κ3) is 5.08. The van der Waals surface area contributed by atoms with Crippen molar-refractivity contribution in [3.05, 3.63) is 59.9 Å². The van der Waals surface area contributed by atoms with Gasteiger partial charge in [-0.3, -0.25) is 9.88 Å². The number of benzene rings is 1. The number of hydrogen-bond donors (Lipinski definition) is 1. The van der Waals surface area contributed by atoms with Gasteiger partial charge >= 0.3 is 0 Å². The van der Waals surface area contributed by atoms with E-state index in [0.717, 1.165) is 37.0 Å². The Bertz CT molecular complexity index is 732. The summed E-state index contributed by atoms with van der Waals surface area (Å²) in [6, 6.07) is 14.3. The molecule has 2 aromatic rings. The zero-order valence-corrected chi connectivity index (χ0v) is 16.0. The second-order valence-electron chi connectivity index (χ2n) is 8.38. The molecule has 144 valence electrons. The predicted molar refractivity (Wildman–Crippen MR) is 106 cm³/mol. The van der Waals surface area contributed by atoms with Gasteiger partial charge in [0.1, 0.15) is 12.4 Å². The maximum absolute atomic E-state index is 10.1. The topological polar surface area (TPSA) is 45.6 Å². The number of aliphatic hydroxyl groups excluding tert-OH is 1. The number of nitrogens with zero attached hydrogens (tertiary/aromatic N) is 2. The summed E-state index contributed by atoms with van der Waals surface area (Å²) < 4.78 is 5.92. The Kier molecular flexibility index (Phi) is 5.74. The summed E-state index contributed by atoms with van der Waals surface area (Å²) in [5.74, 6) is 1.75. The third-order valence-electron chi connectivity index (χ3n) is 5.91. The molecule has 1 N–H and O–H groups in total. The quantitative estimate of drug-likeness (QED) is 0.766. The molecule has 2 fully saturated rings. The molecule has 1 unspecified atom stereocenters. The first-order valence-corrected chi connectivity index (χ1v) is 10.2. The van der Waals surface area contributed by atoms with Crippen molar-refractivity contribution >= 4 is 0 Å². The van der Waals surface area contributed by atoms with E-state index in [-0.39, 0.29) is 5.41 Å². The first-order valence-electron chi connectivity index (χ1n) is 10.2. The van der Waals surface area contributed by atoms with E-state index in [4.69, 9.17) is 4.74 Å². The number of hydrogen-bond acceptors (Lipinski definition) is 4. The Morgan fingerprint density at radius 3 is 2.89 bits per heavy atom. The van der Waals surface area contributed by atoms with Crippen LogP contribution in [0.1, 0.15) is 43.4 Å². The molecule has 1 aliphatic heterocycles. The first-order chi connectivity index (χ1) is 13.2. The fourth-order valence-corrected chi connectivity index (χ4v) is 4.37. The van der Waals surface area contributed by atoms with Crippen LogP contribution in [0.3, 0.4) is 0 Å². The molecule has 1 aromatic carbocycles. The minimum Gasteiger partial charge on any atom is -0.487 e. The lowest BCUT2D eigenvalue weighted by Crippen LogP contribution is -2.45.